The zero-order valence-corrected chi connectivity index (χ0v) is 14.0. The van der Waals surface area contributed by atoms with Crippen LogP contribution in [-0.4, -0.2) is 51.6 Å². The van der Waals surface area contributed by atoms with Gasteiger partial charge in [-0.1, -0.05) is 26.2 Å². The van der Waals surface area contributed by atoms with Crippen molar-refractivity contribution < 1.29 is 4.79 Å². The molecule has 2 saturated heterocycles. The predicted octanol–water partition coefficient (Wildman–Crippen LogP) is 2.71. The van der Waals surface area contributed by atoms with Crippen LogP contribution in [0.25, 0.3) is 0 Å². The Bertz CT molecular complexity index is 352. The molecule has 20 heavy (non-hydrogen) atoms. The normalized spacial score (nSPS) is 33.2. The van der Waals surface area contributed by atoms with E-state index >= 15 is 0 Å². The van der Waals surface area contributed by atoms with Gasteiger partial charge in [0, 0.05) is 29.1 Å². The second-order valence-electron chi connectivity index (χ2n) is 6.26. The van der Waals surface area contributed by atoms with E-state index < -0.39 is 0 Å². The lowest BCUT2D eigenvalue weighted by atomic mass is 9.98. The van der Waals surface area contributed by atoms with Gasteiger partial charge in [-0.25, -0.2) is 0 Å². The number of nitrogens with one attached hydrogen (secondary N) is 1. The average molecular weight is 315 g/mol. The van der Waals surface area contributed by atoms with Crippen LogP contribution in [0.2, 0.25) is 0 Å². The van der Waals surface area contributed by atoms with Crippen molar-refractivity contribution in [1.82, 2.24) is 10.2 Å². The fourth-order valence-corrected chi connectivity index (χ4v) is 6.45. The summed E-state index contributed by atoms with van der Waals surface area (Å²) in [5.41, 5.74) is -0.188. The molecule has 2 heterocycles. The summed E-state index contributed by atoms with van der Waals surface area (Å²) in [6.07, 6.45) is 7.05. The second-order valence-corrected chi connectivity index (χ2v) is 8.82. The van der Waals surface area contributed by atoms with E-state index in [1.54, 1.807) is 0 Å². The summed E-state index contributed by atoms with van der Waals surface area (Å²) < 4.78 is 0. The fourth-order valence-electron chi connectivity index (χ4n) is 3.78. The summed E-state index contributed by atoms with van der Waals surface area (Å²) >= 11 is 4.11. The van der Waals surface area contributed by atoms with Crippen LogP contribution >= 0.6 is 23.5 Å². The van der Waals surface area contributed by atoms with Gasteiger partial charge in [0.05, 0.1) is 11.7 Å². The topological polar surface area (TPSA) is 32.3 Å². The van der Waals surface area contributed by atoms with Crippen molar-refractivity contribution in [3.8, 4) is 0 Å². The first-order chi connectivity index (χ1) is 9.75. The van der Waals surface area contributed by atoms with Crippen molar-refractivity contribution in [1.29, 1.82) is 0 Å². The number of carbonyl (C=O) groups excluding carboxylic acids is 1. The van der Waals surface area contributed by atoms with Crippen LogP contribution in [0.1, 0.15) is 45.4 Å². The zero-order valence-electron chi connectivity index (χ0n) is 12.4. The Morgan fingerprint density at radius 1 is 1.35 bits per heavy atom. The molecule has 1 N–H and O–H groups in total. The molecule has 0 radical (unpaired) electrons. The van der Waals surface area contributed by atoms with E-state index in [1.807, 2.05) is 11.8 Å². The molecule has 0 bridgehead atoms. The molecule has 0 aromatic rings. The lowest BCUT2D eigenvalue weighted by Gasteiger charge is -2.30. The van der Waals surface area contributed by atoms with E-state index in [0.717, 1.165) is 32.2 Å². The molecule has 3 fully saturated rings. The molecule has 1 saturated carbocycles. The van der Waals surface area contributed by atoms with E-state index in [2.05, 4.69) is 28.9 Å². The molecule has 2 atom stereocenters. The molecule has 5 heteroatoms. The largest absolute Gasteiger partial charge is 0.324 e. The molecule has 114 valence electrons. The summed E-state index contributed by atoms with van der Waals surface area (Å²) in [5, 5.41) is 4.35. The fraction of sp³-hybridized carbons (Fsp3) is 0.933. The number of rotatable bonds is 4. The minimum absolute atomic E-state index is 0.188. The minimum Gasteiger partial charge on any atom is -0.324 e. The Morgan fingerprint density at radius 3 is 2.80 bits per heavy atom. The van der Waals surface area contributed by atoms with Gasteiger partial charge in [-0.05, 0) is 19.3 Å². The van der Waals surface area contributed by atoms with E-state index in [4.69, 9.17) is 0 Å². The van der Waals surface area contributed by atoms with Gasteiger partial charge in [-0.2, -0.15) is 23.5 Å². The molecular weight excluding hydrogens is 288 g/mol. The minimum atomic E-state index is -0.188. The van der Waals surface area contributed by atoms with Gasteiger partial charge in [0.25, 0.3) is 0 Å². The summed E-state index contributed by atoms with van der Waals surface area (Å²) in [4.78, 5) is 15.1. The maximum Gasteiger partial charge on any atom is 0.244 e. The summed E-state index contributed by atoms with van der Waals surface area (Å²) in [6, 6.07) is 0. The van der Waals surface area contributed by atoms with Crippen molar-refractivity contribution in [2.45, 2.75) is 62.4 Å². The molecule has 2 unspecified atom stereocenters. The monoisotopic (exact) mass is 314 g/mol. The van der Waals surface area contributed by atoms with Crippen LogP contribution in [0.4, 0.5) is 0 Å². The van der Waals surface area contributed by atoms with Crippen LogP contribution in [0.15, 0.2) is 0 Å². The van der Waals surface area contributed by atoms with Gasteiger partial charge < -0.3 is 4.90 Å². The van der Waals surface area contributed by atoms with Crippen molar-refractivity contribution in [2.24, 2.45) is 0 Å². The van der Waals surface area contributed by atoms with Crippen molar-refractivity contribution >= 4 is 29.4 Å². The maximum atomic E-state index is 12.9. The first-order valence-corrected chi connectivity index (χ1v) is 10.2. The molecule has 1 spiro atoms. The lowest BCUT2D eigenvalue weighted by Crippen LogP contribution is -2.45. The number of thioether (sulfide) groups is 2. The third-order valence-electron chi connectivity index (χ3n) is 4.79. The molecule has 3 nitrogen and oxygen atoms in total. The first-order valence-electron chi connectivity index (χ1n) is 8.03. The highest BCUT2D eigenvalue weighted by atomic mass is 32.2. The van der Waals surface area contributed by atoms with E-state index in [-0.39, 0.29) is 11.7 Å². The van der Waals surface area contributed by atoms with Crippen LogP contribution < -0.4 is 5.32 Å². The van der Waals surface area contributed by atoms with E-state index in [0.29, 0.717) is 11.2 Å². The SMILES string of the molecule is CCCC1NC2(CCCC2)C(=O)N1CC1CSCCS1. The molecule has 2 aliphatic heterocycles. The van der Waals surface area contributed by atoms with Gasteiger partial charge in [-0.15, -0.1) is 0 Å². The highest BCUT2D eigenvalue weighted by molar-refractivity contribution is 8.06. The lowest BCUT2D eigenvalue weighted by molar-refractivity contribution is -0.133. The maximum absolute atomic E-state index is 12.9. The number of nitrogens with zero attached hydrogens (tertiary/aromatic N) is 1. The molecule has 1 amide bonds. The van der Waals surface area contributed by atoms with Crippen LogP contribution in [0.3, 0.4) is 0 Å². The number of hydrogen-bond donors (Lipinski definition) is 1. The highest BCUT2D eigenvalue weighted by Gasteiger charge is 2.52. The molecule has 3 rings (SSSR count). The third-order valence-corrected chi connectivity index (χ3v) is 7.62. The quantitative estimate of drug-likeness (QED) is 0.865. The Morgan fingerprint density at radius 2 is 2.15 bits per heavy atom. The molecule has 1 aliphatic carbocycles. The Hall–Kier alpha value is 0.130. The Balaban J connectivity index is 1.70. The second kappa shape index (κ2) is 6.49. The predicted molar refractivity (Wildman–Crippen MR) is 88.3 cm³/mol. The summed E-state index contributed by atoms with van der Waals surface area (Å²) in [5.74, 6) is 4.13. The summed E-state index contributed by atoms with van der Waals surface area (Å²) in [7, 11) is 0. The Kier molecular flexibility index (Phi) is 4.88. The molecule has 3 aliphatic rings. The van der Waals surface area contributed by atoms with Gasteiger partial charge in [0.1, 0.15) is 0 Å². The Labute approximate surface area is 131 Å². The van der Waals surface area contributed by atoms with Gasteiger partial charge >= 0.3 is 0 Å². The average Bonchev–Trinajstić information content (AvgIpc) is 3.03. The van der Waals surface area contributed by atoms with Crippen LogP contribution in [0.5, 0.6) is 0 Å². The van der Waals surface area contributed by atoms with Crippen molar-refractivity contribution in [3.63, 3.8) is 0 Å². The standard InChI is InChI=1S/C15H26N2OS2/c1-2-5-13-16-15(6-3-4-7-15)14(18)17(13)10-12-11-19-8-9-20-12/h12-13,16H,2-11H2,1H3. The van der Waals surface area contributed by atoms with Gasteiger partial charge in [0.2, 0.25) is 5.91 Å². The number of carbonyl (C=O) groups is 1. The molecule has 0 aromatic heterocycles. The first kappa shape index (κ1) is 15.0. The van der Waals surface area contributed by atoms with E-state index in [1.165, 1.54) is 30.1 Å². The van der Waals surface area contributed by atoms with Crippen LogP contribution in [-0.2, 0) is 4.79 Å². The number of amides is 1. The highest BCUT2D eigenvalue weighted by Crippen LogP contribution is 2.38. The van der Waals surface area contributed by atoms with Crippen LogP contribution in [0, 0.1) is 0 Å². The molecule has 0 aromatic carbocycles. The van der Waals surface area contributed by atoms with Gasteiger partial charge in [-0.3, -0.25) is 10.1 Å². The summed E-state index contributed by atoms with van der Waals surface area (Å²) in [6.45, 7) is 3.17. The molecular formula is C15H26N2OS2. The van der Waals surface area contributed by atoms with Crippen molar-refractivity contribution in [2.75, 3.05) is 23.8 Å². The van der Waals surface area contributed by atoms with Crippen molar-refractivity contribution in [3.05, 3.63) is 0 Å². The zero-order chi connectivity index (χ0) is 14.0. The number of hydrogen-bond acceptors (Lipinski definition) is 4. The van der Waals surface area contributed by atoms with E-state index in [9.17, 15) is 4.79 Å². The third kappa shape index (κ3) is 2.86. The van der Waals surface area contributed by atoms with Gasteiger partial charge in [0.15, 0.2) is 0 Å². The smallest absolute Gasteiger partial charge is 0.244 e.